The quantitative estimate of drug-likeness (QED) is 0.760. The number of pyridine rings is 1. The van der Waals surface area contributed by atoms with Crippen LogP contribution in [0.2, 0.25) is 0 Å². The van der Waals surface area contributed by atoms with Crippen molar-refractivity contribution in [2.45, 2.75) is 38.5 Å². The molecule has 0 atom stereocenters. The number of amides is 2. The Morgan fingerprint density at radius 1 is 1.22 bits per heavy atom. The lowest BCUT2D eigenvalue weighted by atomic mass is 9.97. The van der Waals surface area contributed by atoms with E-state index in [0.717, 1.165) is 36.6 Å². The third-order valence-electron chi connectivity index (χ3n) is 4.66. The summed E-state index contributed by atoms with van der Waals surface area (Å²) in [7, 11) is 0. The van der Waals surface area contributed by atoms with E-state index in [2.05, 4.69) is 16.0 Å². The standard InChI is InChI=1S/C16H15NO4.C3H8N2O/c18-16(19)11-5-10-6-13-14(21-8-20-13)7-12(10)17-15(11)9-3-1-2-4-9;1-2-5-3(4)6/h5-7,9H,1-4,8H2,(H,18,19);2H2,1H3,(H3,4,5,6). The molecule has 1 aliphatic carbocycles. The maximum atomic E-state index is 11.6. The number of urea groups is 1. The Bertz CT molecular complexity index is 862. The number of carboxylic acid groups (broad SMARTS) is 1. The summed E-state index contributed by atoms with van der Waals surface area (Å²) < 4.78 is 10.7. The number of nitrogens with one attached hydrogen (secondary N) is 1. The second-order valence-corrected chi connectivity index (χ2v) is 6.50. The number of primary amides is 1. The maximum Gasteiger partial charge on any atom is 0.337 e. The molecule has 1 fully saturated rings. The van der Waals surface area contributed by atoms with E-state index in [1.807, 2.05) is 13.0 Å². The predicted molar refractivity (Wildman–Crippen MR) is 99.3 cm³/mol. The van der Waals surface area contributed by atoms with Gasteiger partial charge in [-0.1, -0.05) is 12.8 Å². The molecule has 1 aliphatic heterocycles. The molecule has 2 heterocycles. The fourth-order valence-electron chi connectivity index (χ4n) is 3.43. The molecule has 4 rings (SSSR count). The van der Waals surface area contributed by atoms with Gasteiger partial charge in [-0.25, -0.2) is 9.59 Å². The topological polar surface area (TPSA) is 124 Å². The lowest BCUT2D eigenvalue weighted by Crippen LogP contribution is -2.28. The van der Waals surface area contributed by atoms with Crippen LogP contribution in [0.5, 0.6) is 11.5 Å². The molecule has 8 heteroatoms. The fraction of sp³-hybridized carbons (Fsp3) is 0.421. The van der Waals surface area contributed by atoms with Gasteiger partial charge in [-0.05, 0) is 31.9 Å². The van der Waals surface area contributed by atoms with Crippen LogP contribution in [-0.2, 0) is 0 Å². The zero-order valence-electron chi connectivity index (χ0n) is 15.2. The highest BCUT2D eigenvalue weighted by Crippen LogP contribution is 2.39. The first-order chi connectivity index (χ1) is 13.0. The highest BCUT2D eigenvalue weighted by atomic mass is 16.7. The monoisotopic (exact) mass is 373 g/mol. The molecule has 4 N–H and O–H groups in total. The van der Waals surface area contributed by atoms with Crippen molar-refractivity contribution in [1.82, 2.24) is 10.3 Å². The minimum Gasteiger partial charge on any atom is -0.478 e. The molecule has 0 unspecified atom stereocenters. The highest BCUT2D eigenvalue weighted by Gasteiger charge is 2.25. The number of rotatable bonds is 3. The molecule has 2 aromatic rings. The molecule has 27 heavy (non-hydrogen) atoms. The third kappa shape index (κ3) is 4.21. The van der Waals surface area contributed by atoms with Gasteiger partial charge in [0, 0.05) is 23.9 Å². The molecule has 0 bridgehead atoms. The number of nitrogens with two attached hydrogens (primary N) is 1. The van der Waals surface area contributed by atoms with Crippen molar-refractivity contribution in [3.05, 3.63) is 29.5 Å². The van der Waals surface area contributed by atoms with Crippen LogP contribution in [0.25, 0.3) is 10.9 Å². The van der Waals surface area contributed by atoms with Crippen LogP contribution in [0.4, 0.5) is 4.79 Å². The second kappa shape index (κ2) is 8.11. The molecular formula is C19H23N3O5. The van der Waals surface area contributed by atoms with E-state index in [-0.39, 0.29) is 12.7 Å². The lowest BCUT2D eigenvalue weighted by molar-refractivity contribution is 0.0694. The normalized spacial score (nSPS) is 15.3. The zero-order chi connectivity index (χ0) is 19.4. The Labute approximate surface area is 156 Å². The SMILES string of the molecule is CCNC(N)=O.O=C(O)c1cc2cc3c(cc2nc1C1CCCC1)OCO3. The molecule has 2 aliphatic rings. The van der Waals surface area contributed by atoms with Crippen LogP contribution in [0.3, 0.4) is 0 Å². The van der Waals surface area contributed by atoms with E-state index >= 15 is 0 Å². The first kappa shape index (κ1) is 18.8. The molecule has 0 spiro atoms. The molecule has 0 saturated heterocycles. The first-order valence-corrected chi connectivity index (χ1v) is 9.00. The summed E-state index contributed by atoms with van der Waals surface area (Å²) in [6.07, 6.45) is 4.32. The number of fused-ring (bicyclic) bond motifs is 2. The Kier molecular flexibility index (Phi) is 5.63. The lowest BCUT2D eigenvalue weighted by Gasteiger charge is -2.13. The van der Waals surface area contributed by atoms with E-state index in [9.17, 15) is 14.7 Å². The van der Waals surface area contributed by atoms with Crippen molar-refractivity contribution in [3.8, 4) is 11.5 Å². The van der Waals surface area contributed by atoms with E-state index in [1.165, 1.54) is 0 Å². The molecule has 1 aromatic heterocycles. The summed E-state index contributed by atoms with van der Waals surface area (Å²) >= 11 is 0. The largest absolute Gasteiger partial charge is 0.478 e. The van der Waals surface area contributed by atoms with E-state index < -0.39 is 12.0 Å². The third-order valence-corrected chi connectivity index (χ3v) is 4.66. The number of aromatic carboxylic acids is 1. The number of carbonyl (C=O) groups excluding carboxylic acids is 1. The van der Waals surface area contributed by atoms with Crippen LogP contribution in [0.1, 0.15) is 54.6 Å². The van der Waals surface area contributed by atoms with Gasteiger partial charge in [-0.3, -0.25) is 4.98 Å². The molecular weight excluding hydrogens is 350 g/mol. The van der Waals surface area contributed by atoms with Gasteiger partial charge in [0.1, 0.15) is 0 Å². The Balaban J connectivity index is 0.000000307. The summed E-state index contributed by atoms with van der Waals surface area (Å²) in [5.41, 5.74) is 6.45. The summed E-state index contributed by atoms with van der Waals surface area (Å²) in [6, 6.07) is 4.88. The van der Waals surface area contributed by atoms with Crippen molar-refractivity contribution >= 4 is 22.9 Å². The van der Waals surface area contributed by atoms with Crippen molar-refractivity contribution in [2.75, 3.05) is 13.3 Å². The molecule has 1 aromatic carbocycles. The van der Waals surface area contributed by atoms with Crippen LogP contribution in [0, 0.1) is 0 Å². The molecule has 1 saturated carbocycles. The molecule has 2 amide bonds. The number of hydrogen-bond donors (Lipinski definition) is 3. The predicted octanol–water partition coefficient (Wildman–Crippen LogP) is 2.99. The maximum absolute atomic E-state index is 11.6. The average molecular weight is 373 g/mol. The first-order valence-electron chi connectivity index (χ1n) is 9.00. The van der Waals surface area contributed by atoms with Crippen molar-refractivity contribution in [3.63, 3.8) is 0 Å². The summed E-state index contributed by atoms with van der Waals surface area (Å²) in [6.45, 7) is 2.62. The van der Waals surface area contributed by atoms with Crippen LogP contribution < -0.4 is 20.5 Å². The van der Waals surface area contributed by atoms with Gasteiger partial charge in [-0.2, -0.15) is 0 Å². The molecule has 144 valence electrons. The van der Waals surface area contributed by atoms with Gasteiger partial charge < -0.3 is 25.6 Å². The number of ether oxygens (including phenoxy) is 2. The Morgan fingerprint density at radius 2 is 1.89 bits per heavy atom. The minimum absolute atomic E-state index is 0.201. The van der Waals surface area contributed by atoms with E-state index in [0.29, 0.717) is 29.3 Å². The van der Waals surface area contributed by atoms with Crippen LogP contribution in [-0.4, -0.2) is 35.4 Å². The van der Waals surface area contributed by atoms with Gasteiger partial charge in [0.2, 0.25) is 6.79 Å². The number of carbonyl (C=O) groups is 2. The summed E-state index contributed by atoms with van der Waals surface area (Å²) in [4.78, 5) is 25.9. The number of nitrogens with zero attached hydrogens (tertiary/aromatic N) is 1. The van der Waals surface area contributed by atoms with Crippen LogP contribution in [0.15, 0.2) is 18.2 Å². The smallest absolute Gasteiger partial charge is 0.337 e. The van der Waals surface area contributed by atoms with Crippen molar-refractivity contribution < 1.29 is 24.2 Å². The summed E-state index contributed by atoms with van der Waals surface area (Å²) in [5.74, 6) is 0.666. The van der Waals surface area contributed by atoms with Crippen molar-refractivity contribution in [1.29, 1.82) is 0 Å². The fourth-order valence-corrected chi connectivity index (χ4v) is 3.43. The van der Waals surface area contributed by atoms with E-state index in [4.69, 9.17) is 9.47 Å². The number of hydrogen-bond acceptors (Lipinski definition) is 5. The summed E-state index contributed by atoms with van der Waals surface area (Å²) in [5, 5.41) is 12.6. The number of carboxylic acids is 1. The minimum atomic E-state index is -0.913. The van der Waals surface area contributed by atoms with Gasteiger partial charge in [0.05, 0.1) is 16.8 Å². The Hall–Kier alpha value is -3.03. The zero-order valence-corrected chi connectivity index (χ0v) is 15.2. The second-order valence-electron chi connectivity index (χ2n) is 6.50. The van der Waals surface area contributed by atoms with Crippen molar-refractivity contribution in [2.24, 2.45) is 5.73 Å². The van der Waals surface area contributed by atoms with Gasteiger partial charge in [0.25, 0.3) is 0 Å². The highest BCUT2D eigenvalue weighted by molar-refractivity contribution is 5.95. The van der Waals surface area contributed by atoms with Gasteiger partial charge >= 0.3 is 12.0 Å². The van der Waals surface area contributed by atoms with Gasteiger partial charge in [0.15, 0.2) is 11.5 Å². The Morgan fingerprint density at radius 3 is 2.44 bits per heavy atom. The van der Waals surface area contributed by atoms with Gasteiger partial charge in [-0.15, -0.1) is 0 Å². The van der Waals surface area contributed by atoms with Crippen LogP contribution >= 0.6 is 0 Å². The number of aromatic nitrogens is 1. The average Bonchev–Trinajstić information content (AvgIpc) is 3.30. The van der Waals surface area contributed by atoms with E-state index in [1.54, 1.807) is 12.1 Å². The molecule has 0 radical (unpaired) electrons. The molecule has 8 nitrogen and oxygen atoms in total. The number of benzene rings is 1.